The van der Waals surface area contributed by atoms with Gasteiger partial charge >= 0.3 is 0 Å². The molecule has 130 valence electrons. The van der Waals surface area contributed by atoms with Crippen LogP contribution in [0.2, 0.25) is 10.0 Å². The molecule has 0 radical (unpaired) electrons. The fourth-order valence-corrected chi connectivity index (χ4v) is 4.71. The van der Waals surface area contributed by atoms with Crippen molar-refractivity contribution in [3.05, 3.63) is 69.8 Å². The first kappa shape index (κ1) is 17.0. The summed E-state index contributed by atoms with van der Waals surface area (Å²) in [5.74, 6) is 0.463. The van der Waals surface area contributed by atoms with E-state index in [2.05, 4.69) is 46.8 Å². The Labute approximate surface area is 159 Å². The fraction of sp³-hybridized carbons (Fsp3) is 0.333. The molecule has 0 saturated carbocycles. The van der Waals surface area contributed by atoms with Gasteiger partial charge in [0, 0.05) is 34.8 Å². The number of benzene rings is 2. The second-order valence-corrected chi connectivity index (χ2v) is 7.75. The Hall–Kier alpha value is -1.48. The summed E-state index contributed by atoms with van der Waals surface area (Å²) in [4.78, 5) is 2.54. The number of aryl methyl sites for hydroxylation is 1. The molecule has 0 spiro atoms. The van der Waals surface area contributed by atoms with Crippen LogP contribution in [-0.4, -0.2) is 22.6 Å². The van der Waals surface area contributed by atoms with Crippen molar-refractivity contribution in [2.24, 2.45) is 7.05 Å². The van der Waals surface area contributed by atoms with Crippen LogP contribution in [0.3, 0.4) is 0 Å². The summed E-state index contributed by atoms with van der Waals surface area (Å²) in [7, 11) is 2.16. The first-order valence-corrected chi connectivity index (χ1v) is 9.58. The van der Waals surface area contributed by atoms with E-state index in [0.29, 0.717) is 5.92 Å². The van der Waals surface area contributed by atoms with Crippen LogP contribution in [-0.2, 0) is 13.6 Å². The molecule has 0 atom stereocenters. The Morgan fingerprint density at radius 3 is 2.32 bits per heavy atom. The quantitative estimate of drug-likeness (QED) is 0.558. The standard InChI is InChI=1S/C21H22Cl2N2/c1-24-17(13-16-5-2-3-8-20(16)24)14-25-11-9-15(10-12-25)21-18(22)6-4-7-19(21)23/h2-8,13,15H,9-12,14H2,1H3. The van der Waals surface area contributed by atoms with Crippen molar-refractivity contribution in [1.82, 2.24) is 9.47 Å². The molecule has 4 rings (SSSR count). The minimum Gasteiger partial charge on any atom is -0.346 e. The smallest absolute Gasteiger partial charge is 0.0480 e. The van der Waals surface area contributed by atoms with Gasteiger partial charge in [-0.25, -0.2) is 0 Å². The lowest BCUT2D eigenvalue weighted by atomic mass is 9.89. The van der Waals surface area contributed by atoms with E-state index < -0.39 is 0 Å². The Morgan fingerprint density at radius 1 is 0.960 bits per heavy atom. The summed E-state index contributed by atoms with van der Waals surface area (Å²) in [5, 5.41) is 2.93. The van der Waals surface area contributed by atoms with Gasteiger partial charge in [-0.1, -0.05) is 47.5 Å². The van der Waals surface area contributed by atoms with Crippen LogP contribution in [0.4, 0.5) is 0 Å². The first-order valence-electron chi connectivity index (χ1n) is 8.83. The maximum atomic E-state index is 6.39. The van der Waals surface area contributed by atoms with Gasteiger partial charge in [0.25, 0.3) is 0 Å². The lowest BCUT2D eigenvalue weighted by Gasteiger charge is -2.33. The predicted molar refractivity (Wildman–Crippen MR) is 107 cm³/mol. The topological polar surface area (TPSA) is 8.17 Å². The number of halogens is 2. The number of likely N-dealkylation sites (tertiary alicyclic amines) is 1. The van der Waals surface area contributed by atoms with Crippen molar-refractivity contribution in [2.75, 3.05) is 13.1 Å². The number of aromatic nitrogens is 1. The monoisotopic (exact) mass is 372 g/mol. The molecular weight excluding hydrogens is 351 g/mol. The van der Waals surface area contributed by atoms with E-state index >= 15 is 0 Å². The zero-order valence-electron chi connectivity index (χ0n) is 14.4. The van der Waals surface area contributed by atoms with Crippen LogP contribution in [0.25, 0.3) is 10.9 Å². The summed E-state index contributed by atoms with van der Waals surface area (Å²) < 4.78 is 2.31. The summed E-state index contributed by atoms with van der Waals surface area (Å²) in [6.45, 7) is 3.15. The van der Waals surface area contributed by atoms with Crippen LogP contribution in [0.15, 0.2) is 48.5 Å². The summed E-state index contributed by atoms with van der Waals surface area (Å²) in [5.41, 5.74) is 3.81. The third-order valence-corrected chi connectivity index (χ3v) is 6.09. The lowest BCUT2D eigenvalue weighted by Crippen LogP contribution is -2.33. The van der Waals surface area contributed by atoms with Crippen LogP contribution in [0, 0.1) is 0 Å². The average Bonchev–Trinajstić information content (AvgIpc) is 2.92. The van der Waals surface area contributed by atoms with Gasteiger partial charge in [-0.05, 0) is 67.1 Å². The van der Waals surface area contributed by atoms with Crippen molar-refractivity contribution >= 4 is 34.1 Å². The molecule has 0 bridgehead atoms. The van der Waals surface area contributed by atoms with E-state index in [1.165, 1.54) is 16.6 Å². The zero-order valence-corrected chi connectivity index (χ0v) is 15.9. The maximum absolute atomic E-state index is 6.39. The molecule has 3 aromatic rings. The second kappa shape index (κ2) is 7.03. The van der Waals surface area contributed by atoms with E-state index in [9.17, 15) is 0 Å². The number of piperidine rings is 1. The van der Waals surface area contributed by atoms with Gasteiger partial charge < -0.3 is 4.57 Å². The molecule has 1 fully saturated rings. The molecule has 2 nitrogen and oxygen atoms in total. The van der Waals surface area contributed by atoms with Crippen molar-refractivity contribution in [2.45, 2.75) is 25.3 Å². The van der Waals surface area contributed by atoms with E-state index in [4.69, 9.17) is 23.2 Å². The maximum Gasteiger partial charge on any atom is 0.0480 e. The Kier molecular flexibility index (Phi) is 4.77. The third kappa shape index (κ3) is 3.31. The van der Waals surface area contributed by atoms with Crippen molar-refractivity contribution in [1.29, 1.82) is 0 Å². The highest BCUT2D eigenvalue weighted by molar-refractivity contribution is 6.36. The number of hydrogen-bond donors (Lipinski definition) is 0. The minimum atomic E-state index is 0.463. The van der Waals surface area contributed by atoms with Crippen LogP contribution in [0.5, 0.6) is 0 Å². The number of hydrogen-bond acceptors (Lipinski definition) is 1. The van der Waals surface area contributed by atoms with Gasteiger partial charge in [0.15, 0.2) is 0 Å². The first-order chi connectivity index (χ1) is 12.1. The molecule has 0 amide bonds. The number of para-hydroxylation sites is 1. The predicted octanol–water partition coefficient (Wildman–Crippen LogP) is 5.86. The Morgan fingerprint density at radius 2 is 1.64 bits per heavy atom. The molecule has 1 aliphatic heterocycles. The molecule has 4 heteroatoms. The highest BCUT2D eigenvalue weighted by atomic mass is 35.5. The van der Waals surface area contributed by atoms with Gasteiger partial charge in [0.2, 0.25) is 0 Å². The van der Waals surface area contributed by atoms with Gasteiger partial charge in [-0.2, -0.15) is 0 Å². The normalized spacial score (nSPS) is 16.6. The highest BCUT2D eigenvalue weighted by Crippen LogP contribution is 2.37. The van der Waals surface area contributed by atoms with E-state index in [1.54, 1.807) is 0 Å². The van der Waals surface area contributed by atoms with Crippen LogP contribution >= 0.6 is 23.2 Å². The SMILES string of the molecule is Cn1c(CN2CCC(c3c(Cl)cccc3Cl)CC2)cc2ccccc21. The average molecular weight is 373 g/mol. The zero-order chi connectivity index (χ0) is 17.4. The molecule has 1 aliphatic rings. The van der Waals surface area contributed by atoms with E-state index in [0.717, 1.165) is 48.1 Å². The number of nitrogens with zero attached hydrogens (tertiary/aromatic N) is 2. The number of fused-ring (bicyclic) bond motifs is 1. The van der Waals surface area contributed by atoms with Gasteiger partial charge in [0.1, 0.15) is 0 Å². The van der Waals surface area contributed by atoms with Gasteiger partial charge in [-0.3, -0.25) is 4.90 Å². The number of rotatable bonds is 3. The lowest BCUT2D eigenvalue weighted by molar-refractivity contribution is 0.201. The van der Waals surface area contributed by atoms with Crippen molar-refractivity contribution in [3.63, 3.8) is 0 Å². The van der Waals surface area contributed by atoms with Gasteiger partial charge in [-0.15, -0.1) is 0 Å². The van der Waals surface area contributed by atoms with Crippen molar-refractivity contribution < 1.29 is 0 Å². The Bertz CT molecular complexity index is 872. The summed E-state index contributed by atoms with van der Waals surface area (Å²) >= 11 is 12.8. The second-order valence-electron chi connectivity index (χ2n) is 6.94. The van der Waals surface area contributed by atoms with E-state index in [1.807, 2.05) is 18.2 Å². The van der Waals surface area contributed by atoms with Gasteiger partial charge in [0.05, 0.1) is 0 Å². The molecule has 1 aromatic heterocycles. The van der Waals surface area contributed by atoms with E-state index in [-0.39, 0.29) is 0 Å². The van der Waals surface area contributed by atoms with Crippen LogP contribution < -0.4 is 0 Å². The molecule has 2 aromatic carbocycles. The molecule has 0 N–H and O–H groups in total. The molecule has 0 aliphatic carbocycles. The largest absolute Gasteiger partial charge is 0.346 e. The molecular formula is C21H22Cl2N2. The fourth-order valence-electron chi connectivity index (χ4n) is 4.01. The highest BCUT2D eigenvalue weighted by Gasteiger charge is 2.24. The molecule has 0 unspecified atom stereocenters. The summed E-state index contributed by atoms with van der Waals surface area (Å²) in [6, 6.07) is 16.7. The molecule has 25 heavy (non-hydrogen) atoms. The Balaban J connectivity index is 1.46. The molecule has 1 saturated heterocycles. The van der Waals surface area contributed by atoms with Crippen LogP contribution in [0.1, 0.15) is 30.0 Å². The summed E-state index contributed by atoms with van der Waals surface area (Å²) in [6.07, 6.45) is 2.21. The minimum absolute atomic E-state index is 0.463. The molecule has 2 heterocycles. The van der Waals surface area contributed by atoms with Crippen molar-refractivity contribution in [3.8, 4) is 0 Å². The third-order valence-electron chi connectivity index (χ3n) is 5.43.